The Kier molecular flexibility index (Phi) is 3.82. The molecular weight excluding hydrogens is 264 g/mol. The molecule has 0 radical (unpaired) electrons. The predicted octanol–water partition coefficient (Wildman–Crippen LogP) is 2.54. The number of carbonyl (C=O) groups is 1. The standard InChI is InChI=1S/C16H22N4O/c1-13(19-7-3-4-8-19)10-16(21)20-9-5-6-15(20)14-11-17-18(2)12-14/h3-4,7-8,11-13,15H,5-6,9-10H2,1-2H3/t13-,15-/m0/s1. The van der Waals surface area contributed by atoms with Crippen LogP contribution in [0.1, 0.15) is 43.8 Å². The molecule has 0 bridgehead atoms. The number of hydrogen-bond donors (Lipinski definition) is 0. The van der Waals surface area contributed by atoms with Gasteiger partial charge in [-0.05, 0) is 31.9 Å². The summed E-state index contributed by atoms with van der Waals surface area (Å²) in [6.07, 6.45) is 10.6. The molecule has 3 heterocycles. The van der Waals surface area contributed by atoms with Crippen LogP contribution >= 0.6 is 0 Å². The summed E-state index contributed by atoms with van der Waals surface area (Å²) < 4.78 is 3.89. The van der Waals surface area contributed by atoms with Crippen LogP contribution in [0.25, 0.3) is 0 Å². The second kappa shape index (κ2) is 5.76. The average molecular weight is 286 g/mol. The number of hydrogen-bond acceptors (Lipinski definition) is 2. The van der Waals surface area contributed by atoms with Crippen LogP contribution in [0.4, 0.5) is 0 Å². The third kappa shape index (κ3) is 2.86. The van der Waals surface area contributed by atoms with E-state index in [2.05, 4.69) is 16.6 Å². The molecule has 1 aliphatic rings. The molecule has 112 valence electrons. The van der Waals surface area contributed by atoms with Crippen molar-refractivity contribution in [1.29, 1.82) is 0 Å². The number of amides is 1. The smallest absolute Gasteiger partial charge is 0.225 e. The van der Waals surface area contributed by atoms with E-state index in [4.69, 9.17) is 0 Å². The quantitative estimate of drug-likeness (QED) is 0.867. The molecule has 0 aromatic carbocycles. The molecule has 2 aromatic rings. The maximum absolute atomic E-state index is 12.6. The molecule has 0 saturated carbocycles. The first kappa shape index (κ1) is 13.9. The Morgan fingerprint density at radius 2 is 2.19 bits per heavy atom. The van der Waals surface area contributed by atoms with Crippen LogP contribution in [0.5, 0.6) is 0 Å². The first-order valence-corrected chi connectivity index (χ1v) is 7.55. The zero-order valence-electron chi connectivity index (χ0n) is 12.6. The fraction of sp³-hybridized carbons (Fsp3) is 0.500. The van der Waals surface area contributed by atoms with Crippen LogP contribution in [0.15, 0.2) is 36.9 Å². The summed E-state index contributed by atoms with van der Waals surface area (Å²) in [5, 5.41) is 4.23. The van der Waals surface area contributed by atoms with Gasteiger partial charge in [0.1, 0.15) is 0 Å². The summed E-state index contributed by atoms with van der Waals surface area (Å²) in [7, 11) is 1.92. The van der Waals surface area contributed by atoms with Gasteiger partial charge in [0.25, 0.3) is 0 Å². The molecule has 0 aliphatic carbocycles. The summed E-state index contributed by atoms with van der Waals surface area (Å²) in [5.41, 5.74) is 1.15. The van der Waals surface area contributed by atoms with Gasteiger partial charge in [-0.2, -0.15) is 5.10 Å². The van der Waals surface area contributed by atoms with E-state index >= 15 is 0 Å². The number of rotatable bonds is 4. The Morgan fingerprint density at radius 3 is 2.86 bits per heavy atom. The normalized spacial score (nSPS) is 19.9. The van der Waals surface area contributed by atoms with Crippen LogP contribution in [-0.2, 0) is 11.8 Å². The minimum Gasteiger partial charge on any atom is -0.351 e. The van der Waals surface area contributed by atoms with E-state index in [1.807, 2.05) is 48.9 Å². The predicted molar refractivity (Wildman–Crippen MR) is 80.7 cm³/mol. The van der Waals surface area contributed by atoms with Gasteiger partial charge < -0.3 is 9.47 Å². The molecule has 3 rings (SSSR count). The van der Waals surface area contributed by atoms with Crippen molar-refractivity contribution in [1.82, 2.24) is 19.2 Å². The number of carbonyl (C=O) groups excluding carboxylic acids is 1. The minimum atomic E-state index is 0.197. The Morgan fingerprint density at radius 1 is 1.43 bits per heavy atom. The van der Waals surface area contributed by atoms with Gasteiger partial charge in [0.05, 0.1) is 12.2 Å². The van der Waals surface area contributed by atoms with Crippen molar-refractivity contribution in [2.24, 2.45) is 7.05 Å². The molecule has 1 saturated heterocycles. The Hall–Kier alpha value is -2.04. The van der Waals surface area contributed by atoms with Crippen molar-refractivity contribution in [2.75, 3.05) is 6.54 Å². The third-order valence-corrected chi connectivity index (χ3v) is 4.29. The highest BCUT2D eigenvalue weighted by atomic mass is 16.2. The Labute approximate surface area is 125 Å². The van der Waals surface area contributed by atoms with Crippen molar-refractivity contribution >= 4 is 5.91 Å². The zero-order chi connectivity index (χ0) is 14.8. The van der Waals surface area contributed by atoms with Gasteiger partial charge in [0.2, 0.25) is 5.91 Å². The van der Waals surface area contributed by atoms with Crippen molar-refractivity contribution in [3.05, 3.63) is 42.5 Å². The van der Waals surface area contributed by atoms with Gasteiger partial charge >= 0.3 is 0 Å². The van der Waals surface area contributed by atoms with Crippen LogP contribution < -0.4 is 0 Å². The van der Waals surface area contributed by atoms with E-state index < -0.39 is 0 Å². The Balaban J connectivity index is 1.68. The van der Waals surface area contributed by atoms with Gasteiger partial charge in [-0.3, -0.25) is 9.48 Å². The summed E-state index contributed by atoms with van der Waals surface area (Å²) in [5.74, 6) is 0.238. The zero-order valence-corrected chi connectivity index (χ0v) is 12.6. The molecule has 1 fully saturated rings. The van der Waals surface area contributed by atoms with E-state index in [9.17, 15) is 4.79 Å². The second-order valence-corrected chi connectivity index (χ2v) is 5.88. The molecule has 21 heavy (non-hydrogen) atoms. The summed E-state index contributed by atoms with van der Waals surface area (Å²) in [6, 6.07) is 4.38. The molecule has 0 N–H and O–H groups in total. The van der Waals surface area contributed by atoms with Gasteiger partial charge in [-0.1, -0.05) is 0 Å². The summed E-state index contributed by atoms with van der Waals surface area (Å²) in [4.78, 5) is 14.7. The third-order valence-electron chi connectivity index (χ3n) is 4.29. The van der Waals surface area contributed by atoms with Gasteiger partial charge in [0.15, 0.2) is 0 Å². The fourth-order valence-corrected chi connectivity index (χ4v) is 3.14. The largest absolute Gasteiger partial charge is 0.351 e. The van der Waals surface area contributed by atoms with E-state index in [-0.39, 0.29) is 18.0 Å². The number of likely N-dealkylation sites (tertiary alicyclic amines) is 1. The minimum absolute atomic E-state index is 0.197. The van der Waals surface area contributed by atoms with E-state index in [0.29, 0.717) is 6.42 Å². The van der Waals surface area contributed by atoms with Crippen LogP contribution in [0, 0.1) is 0 Å². The molecule has 5 nitrogen and oxygen atoms in total. The molecule has 1 amide bonds. The molecule has 5 heteroatoms. The van der Waals surface area contributed by atoms with Crippen LogP contribution in [0.2, 0.25) is 0 Å². The molecule has 2 atom stereocenters. The highest BCUT2D eigenvalue weighted by molar-refractivity contribution is 5.77. The van der Waals surface area contributed by atoms with Gasteiger partial charge in [-0.15, -0.1) is 0 Å². The highest BCUT2D eigenvalue weighted by Gasteiger charge is 2.31. The monoisotopic (exact) mass is 286 g/mol. The lowest BCUT2D eigenvalue weighted by Gasteiger charge is -2.25. The fourth-order valence-electron chi connectivity index (χ4n) is 3.14. The SMILES string of the molecule is C[C@@H](CC(=O)N1CCC[C@H]1c1cnn(C)c1)n1cccc1. The highest BCUT2D eigenvalue weighted by Crippen LogP contribution is 2.32. The lowest BCUT2D eigenvalue weighted by molar-refractivity contribution is -0.132. The van der Waals surface area contributed by atoms with E-state index in [1.165, 1.54) is 0 Å². The first-order chi connectivity index (χ1) is 10.1. The molecule has 0 unspecified atom stereocenters. The van der Waals surface area contributed by atoms with Crippen LogP contribution in [0.3, 0.4) is 0 Å². The lowest BCUT2D eigenvalue weighted by atomic mass is 10.1. The van der Waals surface area contributed by atoms with E-state index in [1.54, 1.807) is 4.68 Å². The number of aryl methyl sites for hydroxylation is 1. The van der Waals surface area contributed by atoms with Crippen molar-refractivity contribution in [3.63, 3.8) is 0 Å². The van der Waals surface area contributed by atoms with Crippen LogP contribution in [-0.4, -0.2) is 31.7 Å². The van der Waals surface area contributed by atoms with E-state index in [0.717, 1.165) is 24.9 Å². The molecule has 2 aromatic heterocycles. The molecular formula is C16H22N4O. The maximum Gasteiger partial charge on any atom is 0.225 e. The van der Waals surface area contributed by atoms with Gasteiger partial charge in [-0.25, -0.2) is 0 Å². The molecule has 0 spiro atoms. The Bertz CT molecular complexity index is 602. The summed E-state index contributed by atoms with van der Waals surface area (Å²) >= 11 is 0. The topological polar surface area (TPSA) is 43.1 Å². The average Bonchev–Trinajstić information content (AvgIpc) is 3.19. The first-order valence-electron chi connectivity index (χ1n) is 7.55. The maximum atomic E-state index is 12.6. The lowest BCUT2D eigenvalue weighted by Crippen LogP contribution is -2.31. The number of aromatic nitrogens is 3. The molecule has 1 aliphatic heterocycles. The van der Waals surface area contributed by atoms with Crippen molar-refractivity contribution in [2.45, 2.75) is 38.3 Å². The van der Waals surface area contributed by atoms with Crippen molar-refractivity contribution < 1.29 is 4.79 Å². The number of nitrogens with zero attached hydrogens (tertiary/aromatic N) is 4. The summed E-state index contributed by atoms with van der Waals surface area (Å²) in [6.45, 7) is 2.95. The van der Waals surface area contributed by atoms with Gasteiger partial charge in [0, 0.05) is 50.2 Å². The second-order valence-electron chi connectivity index (χ2n) is 5.88. The van der Waals surface area contributed by atoms with Crippen molar-refractivity contribution in [3.8, 4) is 0 Å².